The van der Waals surface area contributed by atoms with Crippen LogP contribution in [-0.4, -0.2) is 51.4 Å². The molecule has 2 heterocycles. The first kappa shape index (κ1) is 23.0. The molecule has 2 unspecified atom stereocenters. The highest BCUT2D eigenvalue weighted by Crippen LogP contribution is 2.39. The minimum Gasteiger partial charge on any atom is -0.448 e. The van der Waals surface area contributed by atoms with Gasteiger partial charge in [-0.05, 0) is 23.5 Å². The van der Waals surface area contributed by atoms with Crippen LogP contribution in [0.2, 0.25) is 0 Å². The third-order valence-electron chi connectivity index (χ3n) is 5.37. The van der Waals surface area contributed by atoms with E-state index in [0.717, 1.165) is 22.9 Å². The van der Waals surface area contributed by atoms with Crippen LogP contribution in [-0.2, 0) is 19.1 Å². The Hall–Kier alpha value is -3.22. The number of carbonyl (C=O) groups is 3. The Morgan fingerprint density at radius 1 is 1.15 bits per heavy atom. The second-order valence-corrected chi connectivity index (χ2v) is 9.45. The summed E-state index contributed by atoms with van der Waals surface area (Å²) in [5, 5.41) is 10.4. The van der Waals surface area contributed by atoms with E-state index < -0.39 is 40.6 Å². The highest BCUT2D eigenvalue weighted by molar-refractivity contribution is 8.00. The van der Waals surface area contributed by atoms with Gasteiger partial charge in [0.25, 0.3) is 5.91 Å². The van der Waals surface area contributed by atoms with Gasteiger partial charge in [0.2, 0.25) is 5.91 Å². The molecule has 1 fully saturated rings. The topological polar surface area (TPSA) is 99.5 Å². The Bertz CT molecular complexity index is 1080. The van der Waals surface area contributed by atoms with Crippen molar-refractivity contribution in [3.8, 4) is 6.07 Å². The number of hydrogen-bond acceptors (Lipinski definition) is 7. The lowest BCUT2D eigenvalue weighted by atomic mass is 10.0. The molecule has 4 rings (SSSR count). The van der Waals surface area contributed by atoms with E-state index in [4.69, 9.17) is 10.00 Å². The molecule has 33 heavy (non-hydrogen) atoms. The number of benzene rings is 2. The van der Waals surface area contributed by atoms with Gasteiger partial charge in [-0.15, -0.1) is 23.5 Å². The summed E-state index contributed by atoms with van der Waals surface area (Å²) in [4.78, 5) is 39.7. The Balaban J connectivity index is 1.51. The summed E-state index contributed by atoms with van der Waals surface area (Å²) in [6.45, 7) is 0. The molecule has 168 valence electrons. The number of fused-ring (bicyclic) bond motifs is 1. The lowest BCUT2D eigenvalue weighted by Gasteiger charge is -2.48. The standard InChI is InChI=1S/C24H21N3O4S2/c1-32-18(14-25)21(28)26-19-22(29)27-17(12-13-33-23(19)27)24(30)31-20(15-8-4-2-5-9-15)16-10-6-3-7-11-16/h2-12,18-20,23H,13H2,1H3,(H,26,28)/t18?,19?,23-/m0/s1. The van der Waals surface area contributed by atoms with E-state index in [1.807, 2.05) is 66.7 Å². The molecule has 2 aromatic rings. The Labute approximate surface area is 200 Å². The van der Waals surface area contributed by atoms with Gasteiger partial charge in [-0.25, -0.2) is 4.79 Å². The molecule has 1 N–H and O–H groups in total. The first-order chi connectivity index (χ1) is 16.0. The van der Waals surface area contributed by atoms with E-state index in [1.54, 1.807) is 12.3 Å². The first-order valence-corrected chi connectivity index (χ1v) is 12.6. The third kappa shape index (κ3) is 4.63. The quantitative estimate of drug-likeness (QED) is 0.482. The molecule has 0 bridgehead atoms. The second kappa shape index (κ2) is 10.1. The van der Waals surface area contributed by atoms with Crippen LogP contribution in [0, 0.1) is 11.3 Å². The second-order valence-electron chi connectivity index (χ2n) is 7.36. The molecule has 2 aliphatic rings. The molecule has 0 aliphatic carbocycles. The summed E-state index contributed by atoms with van der Waals surface area (Å²) < 4.78 is 5.91. The number of carbonyl (C=O) groups excluding carboxylic acids is 3. The molecular formula is C24H21N3O4S2. The van der Waals surface area contributed by atoms with Crippen molar-refractivity contribution in [2.75, 3.05) is 12.0 Å². The number of rotatable bonds is 7. The number of β-lactam (4-membered cyclic amide) rings is 1. The monoisotopic (exact) mass is 479 g/mol. The molecule has 1 saturated heterocycles. The molecule has 2 amide bonds. The number of nitrogens with zero attached hydrogens (tertiary/aromatic N) is 2. The smallest absolute Gasteiger partial charge is 0.355 e. The van der Waals surface area contributed by atoms with E-state index in [0.29, 0.717) is 5.75 Å². The molecule has 7 nitrogen and oxygen atoms in total. The van der Waals surface area contributed by atoms with Gasteiger partial charge < -0.3 is 10.1 Å². The fraction of sp³-hybridized carbons (Fsp3) is 0.250. The maximum Gasteiger partial charge on any atom is 0.355 e. The number of amides is 2. The van der Waals surface area contributed by atoms with Crippen LogP contribution in [0.1, 0.15) is 17.2 Å². The average Bonchev–Trinajstić information content (AvgIpc) is 2.86. The summed E-state index contributed by atoms with van der Waals surface area (Å²) in [5.41, 5.74) is 1.81. The summed E-state index contributed by atoms with van der Waals surface area (Å²) >= 11 is 2.55. The molecule has 0 saturated carbocycles. The SMILES string of the molecule is CSC(C#N)C(=O)NC1C(=O)N2C(C(=O)OC(c3ccccc3)c3ccccc3)=CCS[C@@H]12. The normalized spacial score (nSPS) is 20.1. The number of nitriles is 1. The maximum absolute atomic E-state index is 13.2. The highest BCUT2D eigenvalue weighted by Gasteiger charge is 2.53. The van der Waals surface area contributed by atoms with Crippen LogP contribution in [0.5, 0.6) is 0 Å². The number of ether oxygens (including phenoxy) is 1. The zero-order valence-corrected chi connectivity index (χ0v) is 19.3. The lowest BCUT2D eigenvalue weighted by Crippen LogP contribution is -2.70. The molecule has 9 heteroatoms. The van der Waals surface area contributed by atoms with Crippen LogP contribution in [0.15, 0.2) is 72.4 Å². The van der Waals surface area contributed by atoms with Gasteiger partial charge in [0.15, 0.2) is 11.4 Å². The number of esters is 1. The van der Waals surface area contributed by atoms with Gasteiger partial charge in [0, 0.05) is 5.75 Å². The van der Waals surface area contributed by atoms with Crippen molar-refractivity contribution in [3.05, 3.63) is 83.6 Å². The van der Waals surface area contributed by atoms with Gasteiger partial charge in [-0.1, -0.05) is 60.7 Å². The van der Waals surface area contributed by atoms with E-state index in [9.17, 15) is 14.4 Å². The van der Waals surface area contributed by atoms with Crippen LogP contribution < -0.4 is 5.32 Å². The van der Waals surface area contributed by atoms with Crippen LogP contribution in [0.4, 0.5) is 0 Å². The summed E-state index contributed by atoms with van der Waals surface area (Å²) in [5.74, 6) is -1.00. The first-order valence-electron chi connectivity index (χ1n) is 10.2. The van der Waals surface area contributed by atoms with Gasteiger partial charge in [-0.2, -0.15) is 5.26 Å². The minimum atomic E-state index is -0.891. The molecule has 2 aromatic carbocycles. The van der Waals surface area contributed by atoms with E-state index in [1.165, 1.54) is 16.7 Å². The summed E-state index contributed by atoms with van der Waals surface area (Å²) in [6, 6.07) is 20.0. The van der Waals surface area contributed by atoms with Crippen molar-refractivity contribution < 1.29 is 19.1 Å². The van der Waals surface area contributed by atoms with Crippen molar-refractivity contribution in [1.82, 2.24) is 10.2 Å². The Morgan fingerprint density at radius 3 is 2.30 bits per heavy atom. The van der Waals surface area contributed by atoms with Crippen molar-refractivity contribution in [3.63, 3.8) is 0 Å². The fourth-order valence-corrected chi connectivity index (χ4v) is 5.31. The van der Waals surface area contributed by atoms with Gasteiger partial charge in [0.05, 0.1) is 6.07 Å². The summed E-state index contributed by atoms with van der Waals surface area (Å²) in [6.07, 6.45) is 2.70. The predicted molar refractivity (Wildman–Crippen MR) is 127 cm³/mol. The van der Waals surface area contributed by atoms with Crippen LogP contribution >= 0.6 is 23.5 Å². The average molecular weight is 480 g/mol. The van der Waals surface area contributed by atoms with Crippen molar-refractivity contribution in [2.45, 2.75) is 22.8 Å². The van der Waals surface area contributed by atoms with E-state index in [2.05, 4.69) is 5.32 Å². The maximum atomic E-state index is 13.2. The molecule has 0 aromatic heterocycles. The molecule has 0 spiro atoms. The molecule has 3 atom stereocenters. The zero-order chi connectivity index (χ0) is 23.4. The Kier molecular flexibility index (Phi) is 7.06. The number of nitrogens with one attached hydrogen (secondary N) is 1. The van der Waals surface area contributed by atoms with Crippen molar-refractivity contribution in [1.29, 1.82) is 5.26 Å². The number of thioether (sulfide) groups is 2. The van der Waals surface area contributed by atoms with E-state index >= 15 is 0 Å². The largest absolute Gasteiger partial charge is 0.448 e. The molecular weight excluding hydrogens is 458 g/mol. The van der Waals surface area contributed by atoms with E-state index in [-0.39, 0.29) is 5.70 Å². The molecule has 0 radical (unpaired) electrons. The van der Waals surface area contributed by atoms with Crippen LogP contribution in [0.25, 0.3) is 0 Å². The third-order valence-corrected chi connectivity index (χ3v) is 7.35. The van der Waals surface area contributed by atoms with Crippen molar-refractivity contribution >= 4 is 41.3 Å². The predicted octanol–water partition coefficient (Wildman–Crippen LogP) is 2.86. The summed E-state index contributed by atoms with van der Waals surface area (Å²) in [7, 11) is 0. The zero-order valence-electron chi connectivity index (χ0n) is 17.7. The number of hydrogen-bond donors (Lipinski definition) is 1. The minimum absolute atomic E-state index is 0.174. The molecule has 2 aliphatic heterocycles. The lowest BCUT2D eigenvalue weighted by molar-refractivity contribution is -0.154. The van der Waals surface area contributed by atoms with Gasteiger partial charge in [0.1, 0.15) is 17.1 Å². The highest BCUT2D eigenvalue weighted by atomic mass is 32.2. The fourth-order valence-electron chi connectivity index (χ4n) is 3.73. The van der Waals surface area contributed by atoms with Crippen LogP contribution in [0.3, 0.4) is 0 Å². The Morgan fingerprint density at radius 2 is 1.76 bits per heavy atom. The van der Waals surface area contributed by atoms with Gasteiger partial charge in [-0.3, -0.25) is 14.5 Å². The van der Waals surface area contributed by atoms with Crippen molar-refractivity contribution in [2.24, 2.45) is 0 Å². The van der Waals surface area contributed by atoms with Gasteiger partial charge >= 0.3 is 5.97 Å².